The number of nitrogens with one attached hydrogen (secondary N) is 2. The second-order valence-corrected chi connectivity index (χ2v) is 6.13. The molecule has 0 fully saturated rings. The van der Waals surface area contributed by atoms with E-state index in [0.29, 0.717) is 6.54 Å². The minimum absolute atomic E-state index is 0. The SMILES string of the molecule is CCNC(=NCC(OC)C(C)(C)C)NCCN(C)CC.I. The Balaban J connectivity index is 0. The van der Waals surface area contributed by atoms with Crippen LogP contribution >= 0.6 is 24.0 Å². The average Bonchev–Trinajstić information content (AvgIpc) is 2.37. The predicted molar refractivity (Wildman–Crippen MR) is 103 cm³/mol. The molecule has 0 aromatic rings. The van der Waals surface area contributed by atoms with Crippen LogP contribution in [0.15, 0.2) is 4.99 Å². The number of aliphatic imine (C=N–C) groups is 1. The molecule has 0 rings (SSSR count). The number of hydrogen-bond acceptors (Lipinski definition) is 3. The van der Waals surface area contributed by atoms with Crippen molar-refractivity contribution in [1.29, 1.82) is 0 Å². The van der Waals surface area contributed by atoms with Gasteiger partial charge in [0.2, 0.25) is 0 Å². The molecule has 1 unspecified atom stereocenters. The van der Waals surface area contributed by atoms with E-state index in [9.17, 15) is 0 Å². The van der Waals surface area contributed by atoms with Crippen molar-refractivity contribution in [1.82, 2.24) is 15.5 Å². The quantitative estimate of drug-likeness (QED) is 0.363. The van der Waals surface area contributed by atoms with Crippen LogP contribution in [0.1, 0.15) is 34.6 Å². The molecule has 0 spiro atoms. The van der Waals surface area contributed by atoms with Crippen molar-refractivity contribution >= 4 is 29.9 Å². The van der Waals surface area contributed by atoms with Gasteiger partial charge in [-0.1, -0.05) is 27.7 Å². The molecule has 0 amide bonds. The van der Waals surface area contributed by atoms with Gasteiger partial charge in [0.15, 0.2) is 5.96 Å². The van der Waals surface area contributed by atoms with Crippen LogP contribution in [0.25, 0.3) is 0 Å². The molecule has 0 aliphatic heterocycles. The molecule has 0 aromatic heterocycles. The lowest BCUT2D eigenvalue weighted by Gasteiger charge is -2.28. The minimum atomic E-state index is 0. The molecule has 2 N–H and O–H groups in total. The molecule has 5 nitrogen and oxygen atoms in total. The van der Waals surface area contributed by atoms with Gasteiger partial charge in [-0.2, -0.15) is 0 Å². The van der Waals surface area contributed by atoms with Gasteiger partial charge >= 0.3 is 0 Å². The zero-order chi connectivity index (χ0) is 15.6. The highest BCUT2D eigenvalue weighted by atomic mass is 127. The van der Waals surface area contributed by atoms with Gasteiger partial charge in [0.1, 0.15) is 0 Å². The second kappa shape index (κ2) is 12.5. The highest BCUT2D eigenvalue weighted by molar-refractivity contribution is 14.0. The lowest BCUT2D eigenvalue weighted by Crippen LogP contribution is -2.42. The summed E-state index contributed by atoms with van der Waals surface area (Å²) >= 11 is 0. The zero-order valence-electron chi connectivity index (χ0n) is 14.8. The standard InChI is InChI=1S/C15H34N4O.HI/c1-8-16-14(17-10-11-19(6)9-2)18-12-13(20-7)15(3,4)5;/h13H,8-12H2,1-7H3,(H2,16,17,18);1H. The lowest BCUT2D eigenvalue weighted by molar-refractivity contribution is 0.0241. The third-order valence-electron chi connectivity index (χ3n) is 3.34. The summed E-state index contributed by atoms with van der Waals surface area (Å²) in [6, 6.07) is 0. The summed E-state index contributed by atoms with van der Waals surface area (Å²) in [6.45, 7) is 15.2. The van der Waals surface area contributed by atoms with E-state index in [1.807, 2.05) is 0 Å². The van der Waals surface area contributed by atoms with Gasteiger partial charge in [-0.05, 0) is 25.9 Å². The Morgan fingerprint density at radius 1 is 1.24 bits per heavy atom. The summed E-state index contributed by atoms with van der Waals surface area (Å²) in [5, 5.41) is 6.63. The number of ether oxygens (including phenoxy) is 1. The molecule has 128 valence electrons. The second-order valence-electron chi connectivity index (χ2n) is 6.13. The fraction of sp³-hybridized carbons (Fsp3) is 0.933. The summed E-state index contributed by atoms with van der Waals surface area (Å²) in [5.41, 5.74) is 0.0952. The highest BCUT2D eigenvalue weighted by Crippen LogP contribution is 2.21. The first-order valence-corrected chi connectivity index (χ1v) is 7.58. The fourth-order valence-corrected chi connectivity index (χ4v) is 1.74. The molecule has 0 aliphatic carbocycles. The Morgan fingerprint density at radius 2 is 1.86 bits per heavy atom. The Kier molecular flexibility index (Phi) is 13.8. The first-order valence-electron chi connectivity index (χ1n) is 7.58. The maximum absolute atomic E-state index is 5.53. The number of likely N-dealkylation sites (N-methyl/N-ethyl adjacent to an activating group) is 1. The maximum Gasteiger partial charge on any atom is 0.191 e. The molecule has 6 heteroatoms. The molecule has 0 bridgehead atoms. The minimum Gasteiger partial charge on any atom is -0.379 e. The summed E-state index contributed by atoms with van der Waals surface area (Å²) < 4.78 is 5.53. The van der Waals surface area contributed by atoms with E-state index in [2.05, 4.69) is 62.2 Å². The maximum atomic E-state index is 5.53. The third-order valence-corrected chi connectivity index (χ3v) is 3.34. The molecule has 0 radical (unpaired) electrons. The van der Waals surface area contributed by atoms with E-state index in [1.54, 1.807) is 7.11 Å². The van der Waals surface area contributed by atoms with Gasteiger partial charge < -0.3 is 20.3 Å². The van der Waals surface area contributed by atoms with Crippen molar-refractivity contribution in [3.8, 4) is 0 Å². The van der Waals surface area contributed by atoms with Crippen LogP contribution in [0.3, 0.4) is 0 Å². The fourth-order valence-electron chi connectivity index (χ4n) is 1.74. The summed E-state index contributed by atoms with van der Waals surface area (Å²) in [6.07, 6.45) is 0.122. The number of nitrogens with zero attached hydrogens (tertiary/aromatic N) is 2. The molecule has 0 heterocycles. The van der Waals surface area contributed by atoms with Gasteiger partial charge in [-0.25, -0.2) is 0 Å². The normalized spacial score (nSPS) is 13.8. The van der Waals surface area contributed by atoms with Gasteiger partial charge in [-0.15, -0.1) is 24.0 Å². The molecular formula is C15H35IN4O. The van der Waals surface area contributed by atoms with Crippen molar-refractivity contribution in [2.45, 2.75) is 40.7 Å². The van der Waals surface area contributed by atoms with Crippen LogP contribution in [0.4, 0.5) is 0 Å². The number of halogens is 1. The molecule has 0 saturated carbocycles. The first kappa shape index (κ1) is 23.2. The van der Waals surface area contributed by atoms with E-state index in [-0.39, 0.29) is 35.5 Å². The van der Waals surface area contributed by atoms with Crippen LogP contribution in [0.2, 0.25) is 0 Å². The van der Waals surface area contributed by atoms with Crippen LogP contribution in [-0.2, 0) is 4.74 Å². The van der Waals surface area contributed by atoms with E-state index >= 15 is 0 Å². The van der Waals surface area contributed by atoms with Crippen LogP contribution in [0.5, 0.6) is 0 Å². The van der Waals surface area contributed by atoms with Crippen LogP contribution < -0.4 is 10.6 Å². The summed E-state index contributed by atoms with van der Waals surface area (Å²) in [7, 11) is 3.87. The smallest absolute Gasteiger partial charge is 0.191 e. The van der Waals surface area contributed by atoms with Crippen molar-refractivity contribution in [3.63, 3.8) is 0 Å². The van der Waals surface area contributed by atoms with Crippen molar-refractivity contribution in [2.75, 3.05) is 46.9 Å². The van der Waals surface area contributed by atoms with Gasteiger partial charge in [0.05, 0.1) is 12.6 Å². The summed E-state index contributed by atoms with van der Waals surface area (Å²) in [5.74, 6) is 0.864. The monoisotopic (exact) mass is 414 g/mol. The molecule has 21 heavy (non-hydrogen) atoms. The first-order chi connectivity index (χ1) is 9.35. The molecule has 0 saturated heterocycles. The molecular weight excluding hydrogens is 379 g/mol. The number of hydrogen-bond donors (Lipinski definition) is 2. The Labute approximate surface area is 148 Å². The van der Waals surface area contributed by atoms with Crippen molar-refractivity contribution in [2.24, 2.45) is 10.4 Å². The van der Waals surface area contributed by atoms with E-state index in [0.717, 1.165) is 32.1 Å². The molecule has 1 atom stereocenters. The molecule has 0 aromatic carbocycles. The largest absolute Gasteiger partial charge is 0.379 e. The van der Waals surface area contributed by atoms with Crippen molar-refractivity contribution < 1.29 is 4.74 Å². The Bertz CT molecular complexity index is 279. The zero-order valence-corrected chi connectivity index (χ0v) is 17.2. The van der Waals surface area contributed by atoms with Crippen LogP contribution in [0, 0.1) is 5.41 Å². The van der Waals surface area contributed by atoms with E-state index < -0.39 is 0 Å². The topological polar surface area (TPSA) is 48.9 Å². The van der Waals surface area contributed by atoms with E-state index in [4.69, 9.17) is 4.74 Å². The highest BCUT2D eigenvalue weighted by Gasteiger charge is 2.23. The third kappa shape index (κ3) is 11.2. The molecule has 0 aliphatic rings. The van der Waals surface area contributed by atoms with Gasteiger partial charge in [-0.3, -0.25) is 4.99 Å². The Hall–Kier alpha value is -0.0800. The predicted octanol–water partition coefficient (Wildman–Crippen LogP) is 2.17. The average molecular weight is 414 g/mol. The van der Waals surface area contributed by atoms with Gasteiger partial charge in [0.25, 0.3) is 0 Å². The summed E-state index contributed by atoms with van der Waals surface area (Å²) in [4.78, 5) is 6.89. The van der Waals surface area contributed by atoms with E-state index in [1.165, 1.54) is 0 Å². The number of methoxy groups -OCH3 is 1. The number of rotatable bonds is 8. The lowest BCUT2D eigenvalue weighted by atomic mass is 9.89. The number of guanidine groups is 1. The Morgan fingerprint density at radius 3 is 2.29 bits per heavy atom. The van der Waals surface area contributed by atoms with Gasteiger partial charge in [0, 0.05) is 26.7 Å². The van der Waals surface area contributed by atoms with Crippen molar-refractivity contribution in [3.05, 3.63) is 0 Å². The van der Waals surface area contributed by atoms with Crippen LogP contribution in [-0.4, -0.2) is 63.8 Å².